The van der Waals surface area contributed by atoms with Gasteiger partial charge in [0.05, 0.1) is 0 Å². The van der Waals surface area contributed by atoms with Crippen LogP contribution in [-0.2, 0) is 15.2 Å². The molecule has 1 fully saturated rings. The number of benzene rings is 2. The van der Waals surface area contributed by atoms with E-state index in [0.717, 1.165) is 17.6 Å². The molecule has 102 valence electrons. The van der Waals surface area contributed by atoms with E-state index < -0.39 is 0 Å². The van der Waals surface area contributed by atoms with Gasteiger partial charge in [-0.25, -0.2) is 9.78 Å². The molecule has 0 atom stereocenters. The summed E-state index contributed by atoms with van der Waals surface area (Å²) < 4.78 is 0. The maximum absolute atomic E-state index is 4.99. The molecular formula is C18H18O2. The van der Waals surface area contributed by atoms with Crippen molar-refractivity contribution in [2.24, 2.45) is 0 Å². The van der Waals surface area contributed by atoms with Crippen LogP contribution < -0.4 is 0 Å². The van der Waals surface area contributed by atoms with Crippen LogP contribution in [0.15, 0.2) is 66.6 Å². The van der Waals surface area contributed by atoms with Gasteiger partial charge in [-0.05, 0) is 23.0 Å². The van der Waals surface area contributed by atoms with Crippen molar-refractivity contribution in [2.45, 2.75) is 25.7 Å². The first-order valence-electron chi connectivity index (χ1n) is 6.85. The Hall–Kier alpha value is -2.22. The van der Waals surface area contributed by atoms with Crippen LogP contribution >= 0.6 is 0 Å². The van der Waals surface area contributed by atoms with Crippen LogP contribution in [0, 0.1) is 0 Å². The summed E-state index contributed by atoms with van der Waals surface area (Å²) in [4.78, 5) is 9.97. The lowest BCUT2D eigenvalue weighted by atomic mass is 9.78. The van der Waals surface area contributed by atoms with Gasteiger partial charge in [0.1, 0.15) is 0 Å². The van der Waals surface area contributed by atoms with Crippen LogP contribution in [0.4, 0.5) is 0 Å². The Balaban J connectivity index is 1.91. The second-order valence-electron chi connectivity index (χ2n) is 5.73. The summed E-state index contributed by atoms with van der Waals surface area (Å²) in [7, 11) is 0. The van der Waals surface area contributed by atoms with Gasteiger partial charge in [0.25, 0.3) is 0 Å². The highest BCUT2D eigenvalue weighted by Crippen LogP contribution is 2.39. The summed E-state index contributed by atoms with van der Waals surface area (Å²) in [6.45, 7) is 4.49. The Bertz CT molecular complexity index is 606. The zero-order valence-electron chi connectivity index (χ0n) is 11.8. The first-order chi connectivity index (χ1) is 9.67. The smallest absolute Gasteiger partial charge is 0.242 e. The van der Waals surface area contributed by atoms with Crippen molar-refractivity contribution < 1.29 is 9.78 Å². The lowest BCUT2D eigenvalue weighted by Gasteiger charge is -2.25. The van der Waals surface area contributed by atoms with Gasteiger partial charge >= 0.3 is 5.95 Å². The Labute approximate surface area is 119 Å². The lowest BCUT2D eigenvalue weighted by molar-refractivity contribution is 0.0850. The van der Waals surface area contributed by atoms with Gasteiger partial charge in [0, 0.05) is 5.57 Å². The third-order valence-corrected chi connectivity index (χ3v) is 3.71. The first kappa shape index (κ1) is 12.8. The van der Waals surface area contributed by atoms with Gasteiger partial charge in [0.15, 0.2) is 0 Å². The van der Waals surface area contributed by atoms with Gasteiger partial charge in [-0.2, -0.15) is 0 Å². The van der Waals surface area contributed by atoms with Crippen molar-refractivity contribution in [3.8, 4) is 0 Å². The van der Waals surface area contributed by atoms with E-state index >= 15 is 0 Å². The summed E-state index contributed by atoms with van der Waals surface area (Å²) in [5.74, 6) is 0.653. The summed E-state index contributed by atoms with van der Waals surface area (Å²) in [6, 6.07) is 20.8. The molecule has 1 saturated heterocycles. The molecule has 0 unspecified atom stereocenters. The molecule has 2 heteroatoms. The van der Waals surface area contributed by atoms with Gasteiger partial charge < -0.3 is 0 Å². The van der Waals surface area contributed by atoms with Crippen LogP contribution in [-0.4, -0.2) is 0 Å². The molecule has 1 aliphatic heterocycles. The highest BCUT2D eigenvalue weighted by molar-refractivity contribution is 5.68. The highest BCUT2D eigenvalue weighted by Gasteiger charge is 2.32. The Kier molecular flexibility index (Phi) is 3.23. The summed E-state index contributed by atoms with van der Waals surface area (Å²) in [5.41, 5.74) is 3.62. The van der Waals surface area contributed by atoms with Crippen molar-refractivity contribution in [1.82, 2.24) is 0 Å². The fourth-order valence-electron chi connectivity index (χ4n) is 2.49. The molecule has 0 aliphatic carbocycles. The second kappa shape index (κ2) is 5.04. The fraction of sp³-hybridized carbons (Fsp3) is 0.222. The zero-order valence-corrected chi connectivity index (χ0v) is 11.8. The van der Waals surface area contributed by atoms with Crippen molar-refractivity contribution in [1.29, 1.82) is 0 Å². The molecule has 1 heterocycles. The standard InChI is InChI=1S/C18H18O2/c1-18(2,15-11-7-4-8-12-15)13-16(17-19-20-17)14-9-5-3-6-10-14/h3-12H,13H2,1-2H3. The topological polar surface area (TPSA) is 25.1 Å². The molecule has 0 bridgehead atoms. The summed E-state index contributed by atoms with van der Waals surface area (Å²) >= 11 is 0. The predicted molar refractivity (Wildman–Crippen MR) is 79.6 cm³/mol. The molecule has 0 saturated carbocycles. The molecule has 2 nitrogen and oxygen atoms in total. The predicted octanol–water partition coefficient (Wildman–Crippen LogP) is 4.68. The minimum absolute atomic E-state index is 0.0226. The van der Waals surface area contributed by atoms with E-state index in [9.17, 15) is 0 Å². The van der Waals surface area contributed by atoms with Crippen LogP contribution in [0.1, 0.15) is 31.4 Å². The van der Waals surface area contributed by atoms with Gasteiger partial charge in [-0.3, -0.25) is 0 Å². The molecule has 2 aromatic rings. The minimum atomic E-state index is 0.0226. The average molecular weight is 266 g/mol. The Morgan fingerprint density at radius 1 is 0.850 bits per heavy atom. The SMILES string of the molecule is CC(C)(CC(=C1OO1)c1ccccc1)c1ccccc1. The lowest BCUT2D eigenvalue weighted by Crippen LogP contribution is -2.17. The van der Waals surface area contributed by atoms with E-state index in [-0.39, 0.29) is 5.41 Å². The molecule has 2 aromatic carbocycles. The molecular weight excluding hydrogens is 248 g/mol. The van der Waals surface area contributed by atoms with E-state index in [0.29, 0.717) is 5.95 Å². The van der Waals surface area contributed by atoms with Crippen LogP contribution in [0.2, 0.25) is 0 Å². The van der Waals surface area contributed by atoms with Gasteiger partial charge in [-0.1, -0.05) is 74.5 Å². The summed E-state index contributed by atoms with van der Waals surface area (Å²) in [6.07, 6.45) is 0.871. The first-order valence-corrected chi connectivity index (χ1v) is 6.85. The van der Waals surface area contributed by atoms with E-state index in [1.54, 1.807) is 0 Å². The van der Waals surface area contributed by atoms with Crippen molar-refractivity contribution in [3.05, 3.63) is 77.7 Å². The third kappa shape index (κ3) is 2.69. The third-order valence-electron chi connectivity index (χ3n) is 3.71. The minimum Gasteiger partial charge on any atom is -0.242 e. The van der Waals surface area contributed by atoms with Crippen LogP contribution in [0.5, 0.6) is 0 Å². The zero-order chi connectivity index (χ0) is 14.0. The summed E-state index contributed by atoms with van der Waals surface area (Å²) in [5, 5.41) is 0. The molecule has 0 N–H and O–H groups in total. The monoisotopic (exact) mass is 266 g/mol. The van der Waals surface area contributed by atoms with Crippen molar-refractivity contribution >= 4 is 5.57 Å². The molecule has 1 aliphatic rings. The number of hydrogen-bond acceptors (Lipinski definition) is 2. The van der Waals surface area contributed by atoms with Crippen molar-refractivity contribution in [2.75, 3.05) is 0 Å². The van der Waals surface area contributed by atoms with Gasteiger partial charge in [-0.15, -0.1) is 0 Å². The molecule has 0 aromatic heterocycles. The largest absolute Gasteiger partial charge is 0.382 e. The number of rotatable bonds is 4. The van der Waals surface area contributed by atoms with Crippen LogP contribution in [0.3, 0.4) is 0 Å². The quantitative estimate of drug-likeness (QED) is 0.592. The van der Waals surface area contributed by atoms with E-state index in [1.807, 2.05) is 24.3 Å². The van der Waals surface area contributed by atoms with E-state index in [1.165, 1.54) is 5.56 Å². The molecule has 0 amide bonds. The maximum Gasteiger partial charge on any atom is 0.382 e. The molecule has 0 spiro atoms. The molecule has 0 radical (unpaired) electrons. The average Bonchev–Trinajstić information content (AvgIpc) is 3.31. The number of hydrogen-bond donors (Lipinski definition) is 0. The van der Waals surface area contributed by atoms with Crippen LogP contribution in [0.25, 0.3) is 5.57 Å². The fourth-order valence-corrected chi connectivity index (χ4v) is 2.49. The molecule has 3 rings (SSSR count). The number of allylic oxidation sites excluding steroid dienone is 1. The normalized spacial score (nSPS) is 13.4. The van der Waals surface area contributed by atoms with E-state index in [2.05, 4.69) is 50.2 Å². The maximum atomic E-state index is 4.99. The Morgan fingerprint density at radius 3 is 1.95 bits per heavy atom. The van der Waals surface area contributed by atoms with E-state index in [4.69, 9.17) is 9.78 Å². The molecule has 20 heavy (non-hydrogen) atoms. The second-order valence-corrected chi connectivity index (χ2v) is 5.73. The van der Waals surface area contributed by atoms with Crippen molar-refractivity contribution in [3.63, 3.8) is 0 Å². The Morgan fingerprint density at radius 2 is 1.40 bits per heavy atom. The van der Waals surface area contributed by atoms with Gasteiger partial charge in [0.2, 0.25) is 0 Å². The highest BCUT2D eigenvalue weighted by atomic mass is 17.4.